The van der Waals surface area contributed by atoms with Gasteiger partial charge in [0.2, 0.25) is 5.89 Å². The molecule has 0 radical (unpaired) electrons. The van der Waals surface area contributed by atoms with Gasteiger partial charge in [-0.1, -0.05) is 25.1 Å². The number of benzene rings is 3. The molecule has 1 amide bonds. The second-order valence-corrected chi connectivity index (χ2v) is 7.46. The third-order valence-electron chi connectivity index (χ3n) is 5.36. The zero-order valence-electron chi connectivity index (χ0n) is 17.2. The number of nitrogens with one attached hydrogen (secondary N) is 1. The third kappa shape index (κ3) is 3.79. The van der Waals surface area contributed by atoms with Crippen molar-refractivity contribution in [3.8, 4) is 11.5 Å². The van der Waals surface area contributed by atoms with Gasteiger partial charge >= 0.3 is 0 Å². The number of carbonyl (C=O) groups excluding carboxylic acids is 1. The summed E-state index contributed by atoms with van der Waals surface area (Å²) in [6, 6.07) is 17.6. The molecule has 0 saturated heterocycles. The second-order valence-electron chi connectivity index (χ2n) is 7.46. The summed E-state index contributed by atoms with van der Waals surface area (Å²) in [5.41, 5.74) is 8.38. The van der Waals surface area contributed by atoms with E-state index in [-0.39, 0.29) is 5.91 Å². The molecule has 0 fully saturated rings. The van der Waals surface area contributed by atoms with E-state index in [2.05, 4.69) is 31.1 Å². The first-order chi connectivity index (χ1) is 13.9. The van der Waals surface area contributed by atoms with Crippen LogP contribution < -0.4 is 5.32 Å². The normalized spacial score (nSPS) is 11.0. The Morgan fingerprint density at radius 3 is 2.38 bits per heavy atom. The molecule has 0 bridgehead atoms. The minimum atomic E-state index is -0.128. The number of fused-ring (bicyclic) bond motifs is 1. The van der Waals surface area contributed by atoms with Crippen LogP contribution in [0.15, 0.2) is 59.0 Å². The smallest absolute Gasteiger partial charge is 0.255 e. The van der Waals surface area contributed by atoms with Crippen LogP contribution in [0.4, 0.5) is 5.69 Å². The molecule has 0 spiro atoms. The Kier molecular flexibility index (Phi) is 4.93. The van der Waals surface area contributed by atoms with Crippen molar-refractivity contribution in [1.82, 2.24) is 4.98 Å². The molecule has 0 unspecified atom stereocenters. The van der Waals surface area contributed by atoms with E-state index in [1.54, 1.807) is 0 Å². The van der Waals surface area contributed by atoms with Crippen LogP contribution >= 0.6 is 0 Å². The van der Waals surface area contributed by atoms with Crippen molar-refractivity contribution in [2.45, 2.75) is 34.1 Å². The van der Waals surface area contributed by atoms with Crippen molar-refractivity contribution in [1.29, 1.82) is 0 Å². The summed E-state index contributed by atoms with van der Waals surface area (Å²) >= 11 is 0. The van der Waals surface area contributed by atoms with E-state index in [0.717, 1.165) is 34.3 Å². The van der Waals surface area contributed by atoms with Crippen molar-refractivity contribution in [2.24, 2.45) is 0 Å². The standard InChI is InChI=1S/C25H24N2O2/c1-5-18-7-10-19(11-8-18)24(28)26-21-14-20(9-6-15(21)2)25-27-22-12-16(3)17(4)13-23(22)29-25/h6-14H,5H2,1-4H3,(H,26,28). The van der Waals surface area contributed by atoms with Crippen LogP contribution in [0.1, 0.15) is 39.5 Å². The molecule has 1 N–H and O–H groups in total. The monoisotopic (exact) mass is 384 g/mol. The van der Waals surface area contributed by atoms with E-state index in [1.165, 1.54) is 16.7 Å². The lowest BCUT2D eigenvalue weighted by Crippen LogP contribution is -2.12. The largest absolute Gasteiger partial charge is 0.436 e. The number of nitrogens with zero attached hydrogens (tertiary/aromatic N) is 1. The van der Waals surface area contributed by atoms with Gasteiger partial charge in [0, 0.05) is 16.8 Å². The molecule has 4 rings (SSSR count). The van der Waals surface area contributed by atoms with E-state index in [9.17, 15) is 4.79 Å². The summed E-state index contributed by atoms with van der Waals surface area (Å²) < 4.78 is 5.98. The fraction of sp³-hybridized carbons (Fsp3) is 0.200. The number of hydrogen-bond donors (Lipinski definition) is 1. The molecule has 146 valence electrons. The van der Waals surface area contributed by atoms with E-state index in [4.69, 9.17) is 4.42 Å². The maximum Gasteiger partial charge on any atom is 0.255 e. The third-order valence-corrected chi connectivity index (χ3v) is 5.36. The molecule has 0 saturated carbocycles. The van der Waals surface area contributed by atoms with Gasteiger partial charge in [0.1, 0.15) is 5.52 Å². The van der Waals surface area contributed by atoms with Crippen LogP contribution in [0.25, 0.3) is 22.6 Å². The molecule has 4 heteroatoms. The molecule has 0 aliphatic carbocycles. The Hall–Kier alpha value is -3.40. The van der Waals surface area contributed by atoms with Crippen molar-refractivity contribution in [2.75, 3.05) is 5.32 Å². The van der Waals surface area contributed by atoms with Crippen LogP contribution in [-0.4, -0.2) is 10.9 Å². The number of hydrogen-bond acceptors (Lipinski definition) is 3. The summed E-state index contributed by atoms with van der Waals surface area (Å²) in [7, 11) is 0. The summed E-state index contributed by atoms with van der Waals surface area (Å²) in [5.74, 6) is 0.421. The highest BCUT2D eigenvalue weighted by Crippen LogP contribution is 2.29. The summed E-state index contributed by atoms with van der Waals surface area (Å²) in [6.07, 6.45) is 0.951. The molecule has 1 aromatic heterocycles. The predicted molar refractivity (Wildman–Crippen MR) is 117 cm³/mol. The van der Waals surface area contributed by atoms with Crippen LogP contribution in [-0.2, 0) is 6.42 Å². The van der Waals surface area contributed by atoms with Crippen LogP contribution in [0.5, 0.6) is 0 Å². The first-order valence-electron chi connectivity index (χ1n) is 9.83. The van der Waals surface area contributed by atoms with Crippen LogP contribution in [0.2, 0.25) is 0 Å². The van der Waals surface area contributed by atoms with Gasteiger partial charge in [0.15, 0.2) is 5.58 Å². The molecule has 4 nitrogen and oxygen atoms in total. The number of amides is 1. The number of anilines is 1. The Labute approximate surface area is 170 Å². The lowest BCUT2D eigenvalue weighted by Gasteiger charge is -2.10. The van der Waals surface area contributed by atoms with Gasteiger partial charge in [0.25, 0.3) is 5.91 Å². The van der Waals surface area contributed by atoms with Gasteiger partial charge < -0.3 is 9.73 Å². The summed E-state index contributed by atoms with van der Waals surface area (Å²) in [5, 5.41) is 3.02. The van der Waals surface area contributed by atoms with Crippen molar-refractivity contribution in [3.63, 3.8) is 0 Å². The highest BCUT2D eigenvalue weighted by molar-refractivity contribution is 6.05. The minimum absolute atomic E-state index is 0.128. The van der Waals surface area contributed by atoms with E-state index in [0.29, 0.717) is 11.5 Å². The zero-order chi connectivity index (χ0) is 20.5. The minimum Gasteiger partial charge on any atom is -0.436 e. The quantitative estimate of drug-likeness (QED) is 0.453. The van der Waals surface area contributed by atoms with Crippen LogP contribution in [0, 0.1) is 20.8 Å². The van der Waals surface area contributed by atoms with Gasteiger partial charge in [0.05, 0.1) is 0 Å². The molecule has 29 heavy (non-hydrogen) atoms. The fourth-order valence-corrected chi connectivity index (χ4v) is 3.28. The highest BCUT2D eigenvalue weighted by Gasteiger charge is 2.13. The molecule has 4 aromatic rings. The number of oxazole rings is 1. The molecule has 0 aliphatic rings. The zero-order valence-corrected chi connectivity index (χ0v) is 17.2. The van der Waals surface area contributed by atoms with Crippen molar-refractivity contribution < 1.29 is 9.21 Å². The number of carbonyl (C=O) groups is 1. The first-order valence-corrected chi connectivity index (χ1v) is 9.83. The van der Waals surface area contributed by atoms with Gasteiger partial charge in [-0.25, -0.2) is 4.98 Å². The van der Waals surface area contributed by atoms with E-state index >= 15 is 0 Å². The SMILES string of the molecule is CCc1ccc(C(=O)Nc2cc(-c3nc4cc(C)c(C)cc4o3)ccc2C)cc1. The maximum atomic E-state index is 12.7. The molecule has 0 atom stereocenters. The Morgan fingerprint density at radius 1 is 0.931 bits per heavy atom. The molecule has 1 heterocycles. The number of aromatic nitrogens is 1. The van der Waals surface area contributed by atoms with Gasteiger partial charge in [-0.05, 0) is 85.8 Å². The lowest BCUT2D eigenvalue weighted by molar-refractivity contribution is 0.102. The van der Waals surface area contributed by atoms with Gasteiger partial charge in [-0.3, -0.25) is 4.79 Å². The maximum absolute atomic E-state index is 12.7. The lowest BCUT2D eigenvalue weighted by atomic mass is 10.1. The highest BCUT2D eigenvalue weighted by atomic mass is 16.3. The molecular weight excluding hydrogens is 360 g/mol. The van der Waals surface area contributed by atoms with Gasteiger partial charge in [-0.2, -0.15) is 0 Å². The number of rotatable bonds is 4. The Morgan fingerprint density at radius 2 is 1.66 bits per heavy atom. The number of aryl methyl sites for hydroxylation is 4. The molecular formula is C25H24N2O2. The van der Waals surface area contributed by atoms with Crippen molar-refractivity contribution >= 4 is 22.7 Å². The average molecular weight is 384 g/mol. The van der Waals surface area contributed by atoms with Gasteiger partial charge in [-0.15, -0.1) is 0 Å². The molecule has 0 aliphatic heterocycles. The first kappa shape index (κ1) is 18.9. The van der Waals surface area contributed by atoms with Crippen LogP contribution in [0.3, 0.4) is 0 Å². The average Bonchev–Trinajstić information content (AvgIpc) is 3.12. The fourth-order valence-electron chi connectivity index (χ4n) is 3.28. The summed E-state index contributed by atoms with van der Waals surface area (Å²) in [4.78, 5) is 17.3. The topological polar surface area (TPSA) is 55.1 Å². The second kappa shape index (κ2) is 7.55. The summed E-state index contributed by atoms with van der Waals surface area (Å²) in [6.45, 7) is 8.19. The van der Waals surface area contributed by atoms with E-state index in [1.807, 2.05) is 61.5 Å². The van der Waals surface area contributed by atoms with Crippen molar-refractivity contribution in [3.05, 3.63) is 82.4 Å². The predicted octanol–water partition coefficient (Wildman–Crippen LogP) is 6.23. The molecule has 3 aromatic carbocycles. The Balaban J connectivity index is 1.64. The van der Waals surface area contributed by atoms with E-state index < -0.39 is 0 Å². The Bertz CT molecular complexity index is 1160.